The third-order valence-electron chi connectivity index (χ3n) is 3.31. The predicted molar refractivity (Wildman–Crippen MR) is 66.6 cm³/mol. The van der Waals surface area contributed by atoms with Crippen molar-refractivity contribution >= 4 is 0 Å². The Labute approximate surface area is 99.6 Å². The smallest absolute Gasteiger partial charge is 0.0599 e. The summed E-state index contributed by atoms with van der Waals surface area (Å²) in [5.41, 5.74) is 0.103. The molecule has 0 spiro atoms. The molecule has 1 saturated carbocycles. The molecule has 0 aliphatic heterocycles. The van der Waals surface area contributed by atoms with Crippen molar-refractivity contribution in [2.24, 2.45) is 5.41 Å². The third-order valence-corrected chi connectivity index (χ3v) is 3.31. The summed E-state index contributed by atoms with van der Waals surface area (Å²) in [5.74, 6) is 0. The van der Waals surface area contributed by atoms with E-state index >= 15 is 0 Å². The molecule has 0 radical (unpaired) electrons. The lowest BCUT2D eigenvalue weighted by Gasteiger charge is -2.27. The number of hydrogen-bond acceptors (Lipinski definition) is 3. The molecule has 0 bridgehead atoms. The van der Waals surface area contributed by atoms with E-state index in [1.807, 2.05) is 0 Å². The highest BCUT2D eigenvalue weighted by molar-refractivity contribution is 4.85. The first-order valence-electron chi connectivity index (χ1n) is 6.43. The minimum atomic E-state index is -0.0519. The highest BCUT2D eigenvalue weighted by Gasteiger charge is 2.32. The molecule has 0 aromatic heterocycles. The Morgan fingerprint density at radius 3 is 2.38 bits per heavy atom. The van der Waals surface area contributed by atoms with Crippen molar-refractivity contribution in [2.45, 2.75) is 52.1 Å². The molecule has 96 valence electrons. The highest BCUT2D eigenvalue weighted by Crippen LogP contribution is 2.36. The van der Waals surface area contributed by atoms with Gasteiger partial charge in [-0.3, -0.25) is 0 Å². The maximum absolute atomic E-state index is 9.43. The summed E-state index contributed by atoms with van der Waals surface area (Å²) in [5, 5.41) is 12.8. The van der Waals surface area contributed by atoms with Crippen molar-refractivity contribution in [1.29, 1.82) is 0 Å². The number of nitrogens with one attached hydrogen (secondary N) is 1. The number of aliphatic hydroxyl groups is 1. The Kier molecular flexibility index (Phi) is 5.22. The fourth-order valence-electron chi connectivity index (χ4n) is 2.30. The topological polar surface area (TPSA) is 41.5 Å². The molecule has 0 saturated heterocycles. The van der Waals surface area contributed by atoms with E-state index in [2.05, 4.69) is 26.1 Å². The Morgan fingerprint density at radius 2 is 1.88 bits per heavy atom. The molecule has 1 aliphatic carbocycles. The first-order chi connectivity index (χ1) is 7.47. The molecule has 1 fully saturated rings. The zero-order chi connectivity index (χ0) is 12.1. The fourth-order valence-corrected chi connectivity index (χ4v) is 2.30. The molecule has 16 heavy (non-hydrogen) atoms. The van der Waals surface area contributed by atoms with Crippen LogP contribution in [0.3, 0.4) is 0 Å². The van der Waals surface area contributed by atoms with E-state index in [0.717, 1.165) is 32.5 Å². The first-order valence-corrected chi connectivity index (χ1v) is 6.43. The average molecular weight is 229 g/mol. The maximum atomic E-state index is 9.43. The molecule has 0 amide bonds. The van der Waals surface area contributed by atoms with Crippen LogP contribution in [0.5, 0.6) is 0 Å². The summed E-state index contributed by atoms with van der Waals surface area (Å²) in [7, 11) is 0. The van der Waals surface area contributed by atoms with Crippen LogP contribution >= 0.6 is 0 Å². The normalized spacial score (nSPS) is 20.2. The van der Waals surface area contributed by atoms with E-state index in [1.165, 1.54) is 12.8 Å². The molecule has 0 aromatic rings. The van der Waals surface area contributed by atoms with Crippen LogP contribution in [-0.4, -0.2) is 37.0 Å². The van der Waals surface area contributed by atoms with Gasteiger partial charge in [-0.05, 0) is 33.6 Å². The Hall–Kier alpha value is -0.120. The van der Waals surface area contributed by atoms with E-state index in [-0.39, 0.29) is 11.0 Å². The van der Waals surface area contributed by atoms with Gasteiger partial charge in [-0.15, -0.1) is 0 Å². The molecule has 3 heteroatoms. The van der Waals surface area contributed by atoms with Crippen LogP contribution < -0.4 is 5.32 Å². The lowest BCUT2D eigenvalue weighted by Crippen LogP contribution is -2.37. The van der Waals surface area contributed by atoms with Gasteiger partial charge in [0.15, 0.2) is 0 Å². The second-order valence-electron chi connectivity index (χ2n) is 6.00. The molecular weight excluding hydrogens is 202 g/mol. The summed E-state index contributed by atoms with van der Waals surface area (Å²) < 4.78 is 5.64. The number of hydrogen-bond donors (Lipinski definition) is 2. The van der Waals surface area contributed by atoms with E-state index in [0.29, 0.717) is 6.61 Å². The zero-order valence-corrected chi connectivity index (χ0v) is 11.0. The van der Waals surface area contributed by atoms with Gasteiger partial charge < -0.3 is 15.2 Å². The number of aliphatic hydroxyl groups excluding tert-OH is 1. The summed E-state index contributed by atoms with van der Waals surface area (Å²) in [4.78, 5) is 0. The Bertz CT molecular complexity index is 193. The Morgan fingerprint density at radius 1 is 1.25 bits per heavy atom. The van der Waals surface area contributed by atoms with E-state index < -0.39 is 0 Å². The second kappa shape index (κ2) is 5.99. The van der Waals surface area contributed by atoms with E-state index in [1.54, 1.807) is 0 Å². The van der Waals surface area contributed by atoms with Gasteiger partial charge >= 0.3 is 0 Å². The summed E-state index contributed by atoms with van der Waals surface area (Å²) >= 11 is 0. The number of ether oxygens (including phenoxy) is 1. The lowest BCUT2D eigenvalue weighted by molar-refractivity contribution is -0.00215. The van der Waals surface area contributed by atoms with E-state index in [9.17, 15) is 5.11 Å². The minimum absolute atomic E-state index is 0.0519. The molecule has 2 N–H and O–H groups in total. The van der Waals surface area contributed by atoms with Crippen LogP contribution in [0.4, 0.5) is 0 Å². The second-order valence-corrected chi connectivity index (χ2v) is 6.00. The molecular formula is C13H27NO2. The average Bonchev–Trinajstić information content (AvgIpc) is 2.65. The molecule has 3 nitrogen and oxygen atoms in total. The highest BCUT2D eigenvalue weighted by atomic mass is 16.5. The molecule has 0 heterocycles. The van der Waals surface area contributed by atoms with Crippen LogP contribution in [0.1, 0.15) is 46.5 Å². The van der Waals surface area contributed by atoms with Crippen molar-refractivity contribution in [3.05, 3.63) is 0 Å². The summed E-state index contributed by atoms with van der Waals surface area (Å²) in [6, 6.07) is 0. The van der Waals surface area contributed by atoms with Gasteiger partial charge in [0.1, 0.15) is 0 Å². The third kappa shape index (κ3) is 4.81. The molecule has 1 aliphatic rings. The van der Waals surface area contributed by atoms with Gasteiger partial charge in [0.05, 0.1) is 12.2 Å². The van der Waals surface area contributed by atoms with Crippen molar-refractivity contribution in [1.82, 2.24) is 5.32 Å². The van der Waals surface area contributed by atoms with Crippen LogP contribution in [0, 0.1) is 5.41 Å². The monoisotopic (exact) mass is 229 g/mol. The van der Waals surface area contributed by atoms with Gasteiger partial charge in [0, 0.05) is 25.1 Å². The molecule has 0 unspecified atom stereocenters. The van der Waals surface area contributed by atoms with Crippen LogP contribution in [-0.2, 0) is 4.74 Å². The lowest BCUT2D eigenvalue weighted by atomic mass is 9.87. The van der Waals surface area contributed by atoms with Crippen LogP contribution in [0.25, 0.3) is 0 Å². The van der Waals surface area contributed by atoms with Crippen molar-refractivity contribution < 1.29 is 9.84 Å². The van der Waals surface area contributed by atoms with Crippen molar-refractivity contribution in [3.63, 3.8) is 0 Å². The van der Waals surface area contributed by atoms with Crippen LogP contribution in [0.15, 0.2) is 0 Å². The van der Waals surface area contributed by atoms with Gasteiger partial charge in [0.2, 0.25) is 0 Å². The summed E-state index contributed by atoms with van der Waals surface area (Å²) in [6.45, 7) is 9.07. The predicted octanol–water partition coefficient (Wildman–Crippen LogP) is 1.94. The quantitative estimate of drug-likeness (QED) is 0.684. The van der Waals surface area contributed by atoms with Crippen LogP contribution in [0.2, 0.25) is 0 Å². The first kappa shape index (κ1) is 13.9. The van der Waals surface area contributed by atoms with Gasteiger partial charge in [-0.25, -0.2) is 0 Å². The van der Waals surface area contributed by atoms with Gasteiger partial charge in [0.25, 0.3) is 0 Å². The maximum Gasteiger partial charge on any atom is 0.0599 e. The fraction of sp³-hybridized carbons (Fsp3) is 1.00. The molecule has 1 rings (SSSR count). The number of rotatable bonds is 6. The SMILES string of the molecule is CC(C)(C)OCCNCC1(CO)CCCC1. The van der Waals surface area contributed by atoms with Gasteiger partial charge in [-0.2, -0.15) is 0 Å². The Balaban J connectivity index is 2.10. The standard InChI is InChI=1S/C13H27NO2/c1-12(2,3)16-9-8-14-10-13(11-15)6-4-5-7-13/h14-15H,4-11H2,1-3H3. The van der Waals surface area contributed by atoms with Gasteiger partial charge in [-0.1, -0.05) is 12.8 Å². The largest absolute Gasteiger partial charge is 0.396 e. The van der Waals surface area contributed by atoms with Crippen molar-refractivity contribution in [3.8, 4) is 0 Å². The molecule has 0 aromatic carbocycles. The molecule has 0 atom stereocenters. The minimum Gasteiger partial charge on any atom is -0.396 e. The van der Waals surface area contributed by atoms with Crippen molar-refractivity contribution in [2.75, 3.05) is 26.3 Å². The summed E-state index contributed by atoms with van der Waals surface area (Å²) in [6.07, 6.45) is 4.86. The van der Waals surface area contributed by atoms with E-state index in [4.69, 9.17) is 4.74 Å². The zero-order valence-electron chi connectivity index (χ0n) is 11.0.